The molecule has 1 unspecified atom stereocenters. The minimum Gasteiger partial charge on any atom is -0.384 e. The lowest BCUT2D eigenvalue weighted by molar-refractivity contribution is 0.122. The fraction of sp³-hybridized carbons (Fsp3) is 0.385. The number of rotatable bonds is 3. The van der Waals surface area contributed by atoms with Crippen LogP contribution in [0.15, 0.2) is 36.9 Å². The van der Waals surface area contributed by atoms with E-state index in [2.05, 4.69) is 11.5 Å². The zero-order valence-electron chi connectivity index (χ0n) is 9.30. The summed E-state index contributed by atoms with van der Waals surface area (Å²) in [6.45, 7) is 7.02. The molecule has 3 heteroatoms. The van der Waals surface area contributed by atoms with Crippen LogP contribution in [0.4, 0.5) is 5.69 Å². The molecule has 0 amide bonds. The van der Waals surface area contributed by atoms with E-state index in [1.54, 1.807) is 0 Å². The Labute approximate surface area is 96.0 Å². The monoisotopic (exact) mass is 219 g/mol. The molecule has 1 atom stereocenters. The van der Waals surface area contributed by atoms with Gasteiger partial charge in [0.2, 0.25) is 0 Å². The summed E-state index contributed by atoms with van der Waals surface area (Å²) >= 11 is 0. The Balaban J connectivity index is 2.08. The molecule has 1 fully saturated rings. The average molecular weight is 219 g/mol. The highest BCUT2D eigenvalue weighted by Crippen LogP contribution is 2.20. The Morgan fingerprint density at radius 3 is 2.44 bits per heavy atom. The van der Waals surface area contributed by atoms with E-state index in [0.717, 1.165) is 31.9 Å². The lowest BCUT2D eigenvalue weighted by Gasteiger charge is -2.29. The number of anilines is 1. The number of aliphatic hydroxyl groups excluding tert-OH is 1. The van der Waals surface area contributed by atoms with E-state index in [1.165, 1.54) is 11.8 Å². The zero-order valence-corrected chi connectivity index (χ0v) is 9.30. The van der Waals surface area contributed by atoms with Gasteiger partial charge >= 0.3 is 0 Å². The highest BCUT2D eigenvalue weighted by Gasteiger charge is 2.11. The highest BCUT2D eigenvalue weighted by atomic mass is 16.5. The minimum absolute atomic E-state index is 0.571. The molecule has 1 aromatic carbocycles. The number of hydrogen-bond donors (Lipinski definition) is 1. The van der Waals surface area contributed by atoms with Crippen molar-refractivity contribution in [3.05, 3.63) is 42.5 Å². The second kappa shape index (κ2) is 5.14. The van der Waals surface area contributed by atoms with Gasteiger partial charge in [0.25, 0.3) is 0 Å². The predicted octanol–water partition coefficient (Wildman–Crippen LogP) is 1.74. The van der Waals surface area contributed by atoms with E-state index in [0.29, 0.717) is 0 Å². The molecule has 1 aliphatic heterocycles. The van der Waals surface area contributed by atoms with Gasteiger partial charge in [-0.3, -0.25) is 0 Å². The van der Waals surface area contributed by atoms with Gasteiger partial charge in [-0.15, -0.1) is 6.58 Å². The summed E-state index contributed by atoms with van der Waals surface area (Å²) in [6, 6.07) is 7.95. The van der Waals surface area contributed by atoms with Crippen LogP contribution in [0.3, 0.4) is 0 Å². The number of aliphatic hydroxyl groups is 1. The fourth-order valence-corrected chi connectivity index (χ4v) is 1.84. The van der Waals surface area contributed by atoms with Crippen LogP contribution in [0.1, 0.15) is 11.7 Å². The lowest BCUT2D eigenvalue weighted by Crippen LogP contribution is -2.36. The molecular weight excluding hydrogens is 202 g/mol. The molecular formula is C13H17NO2. The van der Waals surface area contributed by atoms with Crippen molar-refractivity contribution in [3.63, 3.8) is 0 Å². The first-order valence-electron chi connectivity index (χ1n) is 5.54. The van der Waals surface area contributed by atoms with Crippen molar-refractivity contribution in [1.29, 1.82) is 0 Å². The summed E-state index contributed by atoms with van der Waals surface area (Å²) in [5.74, 6) is 0. The standard InChI is InChI=1S/C13H17NO2/c1-2-13(15)11-3-5-12(6-4-11)14-7-9-16-10-8-14/h2-6,13,15H,1,7-10H2. The molecule has 2 rings (SSSR count). The molecule has 0 saturated carbocycles. The topological polar surface area (TPSA) is 32.7 Å². The molecule has 1 aliphatic rings. The van der Waals surface area contributed by atoms with Gasteiger partial charge in [0.15, 0.2) is 0 Å². The van der Waals surface area contributed by atoms with E-state index < -0.39 is 6.10 Å². The molecule has 86 valence electrons. The van der Waals surface area contributed by atoms with Crippen molar-refractivity contribution in [2.75, 3.05) is 31.2 Å². The summed E-state index contributed by atoms with van der Waals surface area (Å²) in [6.07, 6.45) is 0.961. The van der Waals surface area contributed by atoms with Crippen molar-refractivity contribution in [2.24, 2.45) is 0 Å². The Bertz CT molecular complexity index is 341. The molecule has 16 heavy (non-hydrogen) atoms. The molecule has 1 heterocycles. The predicted molar refractivity (Wildman–Crippen MR) is 64.6 cm³/mol. The first kappa shape index (κ1) is 11.2. The number of ether oxygens (including phenoxy) is 1. The molecule has 0 aromatic heterocycles. The van der Waals surface area contributed by atoms with Gasteiger partial charge in [0, 0.05) is 18.8 Å². The van der Waals surface area contributed by atoms with Crippen molar-refractivity contribution >= 4 is 5.69 Å². The normalized spacial score (nSPS) is 18.2. The van der Waals surface area contributed by atoms with Crippen LogP contribution in [0.5, 0.6) is 0 Å². The fourth-order valence-electron chi connectivity index (χ4n) is 1.84. The number of morpholine rings is 1. The molecule has 3 nitrogen and oxygen atoms in total. The SMILES string of the molecule is C=CC(O)c1ccc(N2CCOCC2)cc1. The van der Waals surface area contributed by atoms with Gasteiger partial charge < -0.3 is 14.7 Å². The second-order valence-corrected chi connectivity index (χ2v) is 3.87. The summed E-state index contributed by atoms with van der Waals surface area (Å²) in [5, 5.41) is 9.58. The van der Waals surface area contributed by atoms with Crippen LogP contribution in [-0.2, 0) is 4.74 Å². The third kappa shape index (κ3) is 2.43. The molecule has 0 radical (unpaired) electrons. The lowest BCUT2D eigenvalue weighted by atomic mass is 10.1. The molecule has 1 N–H and O–H groups in total. The average Bonchev–Trinajstić information content (AvgIpc) is 2.39. The van der Waals surface area contributed by atoms with Crippen LogP contribution >= 0.6 is 0 Å². The molecule has 1 aromatic rings. The molecule has 0 spiro atoms. The summed E-state index contributed by atoms with van der Waals surface area (Å²) in [5.41, 5.74) is 2.07. The number of benzene rings is 1. The van der Waals surface area contributed by atoms with E-state index in [4.69, 9.17) is 4.74 Å². The smallest absolute Gasteiger partial charge is 0.0969 e. The minimum atomic E-state index is -0.571. The van der Waals surface area contributed by atoms with Gasteiger partial charge in [-0.1, -0.05) is 18.2 Å². The third-order valence-corrected chi connectivity index (χ3v) is 2.83. The maximum absolute atomic E-state index is 9.58. The quantitative estimate of drug-likeness (QED) is 0.786. The van der Waals surface area contributed by atoms with E-state index in [9.17, 15) is 5.11 Å². The first-order valence-corrected chi connectivity index (χ1v) is 5.54. The van der Waals surface area contributed by atoms with Crippen LogP contribution in [-0.4, -0.2) is 31.4 Å². The van der Waals surface area contributed by atoms with Gasteiger partial charge in [0.1, 0.15) is 0 Å². The molecule has 0 bridgehead atoms. The van der Waals surface area contributed by atoms with Gasteiger partial charge in [-0.05, 0) is 17.7 Å². The number of hydrogen-bond acceptors (Lipinski definition) is 3. The Hall–Kier alpha value is -1.32. The van der Waals surface area contributed by atoms with E-state index >= 15 is 0 Å². The van der Waals surface area contributed by atoms with Crippen molar-refractivity contribution < 1.29 is 9.84 Å². The van der Waals surface area contributed by atoms with Crippen LogP contribution in [0.2, 0.25) is 0 Å². The molecule has 0 aliphatic carbocycles. The summed E-state index contributed by atoms with van der Waals surface area (Å²) < 4.78 is 5.31. The first-order chi connectivity index (χ1) is 7.81. The van der Waals surface area contributed by atoms with E-state index in [1.807, 2.05) is 24.3 Å². The molecule has 1 saturated heterocycles. The Kier molecular flexibility index (Phi) is 3.59. The summed E-state index contributed by atoms with van der Waals surface area (Å²) in [4.78, 5) is 2.29. The van der Waals surface area contributed by atoms with Crippen LogP contribution < -0.4 is 4.90 Å². The van der Waals surface area contributed by atoms with Gasteiger partial charge in [-0.2, -0.15) is 0 Å². The number of nitrogens with zero attached hydrogens (tertiary/aromatic N) is 1. The van der Waals surface area contributed by atoms with Crippen molar-refractivity contribution in [1.82, 2.24) is 0 Å². The second-order valence-electron chi connectivity index (χ2n) is 3.87. The van der Waals surface area contributed by atoms with Gasteiger partial charge in [-0.25, -0.2) is 0 Å². The van der Waals surface area contributed by atoms with Crippen LogP contribution in [0.25, 0.3) is 0 Å². The highest BCUT2D eigenvalue weighted by molar-refractivity contribution is 5.48. The van der Waals surface area contributed by atoms with Crippen molar-refractivity contribution in [2.45, 2.75) is 6.10 Å². The summed E-state index contributed by atoms with van der Waals surface area (Å²) in [7, 11) is 0. The Morgan fingerprint density at radius 2 is 1.88 bits per heavy atom. The zero-order chi connectivity index (χ0) is 11.4. The van der Waals surface area contributed by atoms with Gasteiger partial charge in [0.05, 0.1) is 19.3 Å². The van der Waals surface area contributed by atoms with Crippen molar-refractivity contribution in [3.8, 4) is 0 Å². The largest absolute Gasteiger partial charge is 0.384 e. The Morgan fingerprint density at radius 1 is 1.25 bits per heavy atom. The third-order valence-electron chi connectivity index (χ3n) is 2.83. The maximum atomic E-state index is 9.58. The van der Waals surface area contributed by atoms with E-state index in [-0.39, 0.29) is 0 Å². The maximum Gasteiger partial charge on any atom is 0.0969 e. The van der Waals surface area contributed by atoms with Crippen LogP contribution in [0, 0.1) is 0 Å².